The van der Waals surface area contributed by atoms with Gasteiger partial charge in [-0.25, -0.2) is 9.90 Å². The first-order valence-corrected chi connectivity index (χ1v) is 16.5. The van der Waals surface area contributed by atoms with E-state index in [9.17, 15) is 10.0 Å². The standard InChI is InChI=1S/C39H39N3O4S/c1-4-29-41(46-39(32-14-8-5-9-15-32,33-16-10-6-11-17-33)34-18-12-7-13-19-34)38(43)28-30-40(42(44)47-3)35-22-26-37(27-23-35)45-36-24-20-31(2)21-25-36/h4-27,44H,1,28-30H2,2-3H3. The van der Waals surface area contributed by atoms with Crippen LogP contribution in [0.3, 0.4) is 0 Å². The van der Waals surface area contributed by atoms with Gasteiger partial charge in [-0.05, 0) is 76.5 Å². The van der Waals surface area contributed by atoms with Crippen molar-refractivity contribution < 1.29 is 19.6 Å². The van der Waals surface area contributed by atoms with Crippen LogP contribution in [0.5, 0.6) is 11.5 Å². The van der Waals surface area contributed by atoms with Gasteiger partial charge >= 0.3 is 0 Å². The van der Waals surface area contributed by atoms with Gasteiger partial charge in [0.25, 0.3) is 0 Å². The quantitative estimate of drug-likeness (QED) is 0.0528. The minimum absolute atomic E-state index is 0.0432. The number of hydrogen-bond acceptors (Lipinski definition) is 7. The Balaban J connectivity index is 1.41. The van der Waals surface area contributed by atoms with Crippen LogP contribution in [0.2, 0.25) is 0 Å². The van der Waals surface area contributed by atoms with E-state index in [1.165, 1.54) is 5.06 Å². The van der Waals surface area contributed by atoms with Crippen LogP contribution in [0.25, 0.3) is 0 Å². The number of hydrazine groups is 1. The summed E-state index contributed by atoms with van der Waals surface area (Å²) in [6.45, 7) is 6.27. The number of hydroxylamine groups is 2. The van der Waals surface area contributed by atoms with Gasteiger partial charge in [0.1, 0.15) is 11.5 Å². The van der Waals surface area contributed by atoms with Crippen LogP contribution in [-0.4, -0.2) is 40.1 Å². The maximum absolute atomic E-state index is 14.0. The van der Waals surface area contributed by atoms with E-state index >= 15 is 0 Å². The number of anilines is 1. The van der Waals surface area contributed by atoms with Crippen molar-refractivity contribution >= 4 is 23.5 Å². The van der Waals surface area contributed by atoms with E-state index in [2.05, 4.69) is 6.58 Å². The molecule has 0 aliphatic rings. The van der Waals surface area contributed by atoms with E-state index in [1.54, 1.807) is 17.3 Å². The highest BCUT2D eigenvalue weighted by molar-refractivity contribution is 7.96. The lowest BCUT2D eigenvalue weighted by Crippen LogP contribution is -2.45. The van der Waals surface area contributed by atoms with Crippen LogP contribution in [-0.2, 0) is 15.2 Å². The van der Waals surface area contributed by atoms with Crippen molar-refractivity contribution in [3.8, 4) is 11.5 Å². The second-order valence-corrected chi connectivity index (χ2v) is 11.5. The maximum atomic E-state index is 14.0. The Morgan fingerprint density at radius 1 is 0.766 bits per heavy atom. The number of rotatable bonds is 15. The molecular formula is C39H39N3O4S. The minimum atomic E-state index is -1.13. The Morgan fingerprint density at radius 2 is 1.23 bits per heavy atom. The third-order valence-corrected chi connectivity index (χ3v) is 8.18. The van der Waals surface area contributed by atoms with Crippen molar-refractivity contribution in [3.63, 3.8) is 0 Å². The molecule has 240 valence electrons. The summed E-state index contributed by atoms with van der Waals surface area (Å²) < 4.78 is 7.00. The van der Waals surface area contributed by atoms with Gasteiger partial charge < -0.3 is 4.74 Å². The molecule has 0 aliphatic carbocycles. The lowest BCUT2D eigenvalue weighted by Gasteiger charge is -2.39. The summed E-state index contributed by atoms with van der Waals surface area (Å²) in [6.07, 6.45) is 3.45. The molecule has 5 aromatic rings. The SMILES string of the molecule is C=CCN(OC(c1ccccc1)(c1ccccc1)c1ccccc1)C(=O)CCN(c1ccc(Oc2ccc(C)cc2)cc1)N(O)SC. The Hall–Kier alpha value is -4.86. The highest BCUT2D eigenvalue weighted by Gasteiger charge is 2.41. The number of hydrogen-bond donors (Lipinski definition) is 1. The molecule has 47 heavy (non-hydrogen) atoms. The highest BCUT2D eigenvalue weighted by Crippen LogP contribution is 2.41. The fourth-order valence-electron chi connectivity index (χ4n) is 5.32. The molecule has 5 rings (SSSR count). The van der Waals surface area contributed by atoms with E-state index in [-0.39, 0.29) is 25.4 Å². The number of nitrogens with zero attached hydrogens (tertiary/aromatic N) is 3. The summed E-state index contributed by atoms with van der Waals surface area (Å²) in [7, 11) is 0. The van der Waals surface area contributed by atoms with Crippen molar-refractivity contribution in [2.24, 2.45) is 0 Å². The van der Waals surface area contributed by atoms with Crippen molar-refractivity contribution in [2.45, 2.75) is 18.9 Å². The molecule has 0 heterocycles. The first-order chi connectivity index (χ1) is 22.9. The maximum Gasteiger partial charge on any atom is 0.248 e. The summed E-state index contributed by atoms with van der Waals surface area (Å²) in [5, 5.41) is 13.8. The van der Waals surface area contributed by atoms with Crippen LogP contribution in [0.1, 0.15) is 28.7 Å². The Bertz CT molecular complexity index is 1610. The van der Waals surface area contributed by atoms with Crippen LogP contribution in [0, 0.1) is 6.92 Å². The molecule has 1 N–H and O–H groups in total. The predicted octanol–water partition coefficient (Wildman–Crippen LogP) is 8.81. The molecule has 0 saturated heterocycles. The minimum Gasteiger partial charge on any atom is -0.457 e. The zero-order chi connectivity index (χ0) is 33.1. The molecule has 0 atom stereocenters. The number of ether oxygens (including phenoxy) is 1. The molecule has 5 aromatic carbocycles. The Morgan fingerprint density at radius 3 is 1.68 bits per heavy atom. The van der Waals surface area contributed by atoms with Crippen molar-refractivity contribution in [2.75, 3.05) is 24.4 Å². The summed E-state index contributed by atoms with van der Waals surface area (Å²) in [5.41, 5.74) is 3.33. The van der Waals surface area contributed by atoms with Crippen LogP contribution < -0.4 is 9.75 Å². The fraction of sp³-hybridized carbons (Fsp3) is 0.154. The second kappa shape index (κ2) is 16.1. The summed E-state index contributed by atoms with van der Waals surface area (Å²) in [6, 6.07) is 44.9. The highest BCUT2D eigenvalue weighted by atomic mass is 32.2. The molecule has 1 amide bonds. The van der Waals surface area contributed by atoms with Crippen molar-refractivity contribution in [1.29, 1.82) is 0 Å². The lowest BCUT2D eigenvalue weighted by atomic mass is 9.80. The second-order valence-electron chi connectivity index (χ2n) is 10.8. The number of aryl methyl sites for hydroxylation is 1. The molecule has 0 unspecified atom stereocenters. The Kier molecular flexibility index (Phi) is 11.5. The molecule has 0 aromatic heterocycles. The average molecular weight is 646 g/mol. The molecule has 0 aliphatic heterocycles. The zero-order valence-electron chi connectivity index (χ0n) is 26.6. The van der Waals surface area contributed by atoms with Gasteiger partial charge in [0.15, 0.2) is 5.60 Å². The van der Waals surface area contributed by atoms with Crippen LogP contribution >= 0.6 is 11.9 Å². The topological polar surface area (TPSA) is 65.5 Å². The van der Waals surface area contributed by atoms with Crippen LogP contribution in [0.4, 0.5) is 5.69 Å². The van der Waals surface area contributed by atoms with Crippen molar-refractivity contribution in [1.82, 2.24) is 9.64 Å². The predicted molar refractivity (Wildman–Crippen MR) is 189 cm³/mol. The zero-order valence-corrected chi connectivity index (χ0v) is 27.4. The van der Waals surface area contributed by atoms with E-state index < -0.39 is 5.60 Å². The first-order valence-electron chi connectivity index (χ1n) is 15.4. The monoisotopic (exact) mass is 645 g/mol. The molecular weight excluding hydrogens is 607 g/mol. The molecule has 0 saturated carbocycles. The average Bonchev–Trinajstić information content (AvgIpc) is 3.12. The fourth-order valence-corrected chi connectivity index (χ4v) is 5.69. The smallest absolute Gasteiger partial charge is 0.248 e. The molecule has 8 heteroatoms. The third-order valence-electron chi connectivity index (χ3n) is 7.66. The van der Waals surface area contributed by atoms with Crippen molar-refractivity contribution in [3.05, 3.63) is 174 Å². The largest absolute Gasteiger partial charge is 0.457 e. The molecule has 0 fully saturated rings. The number of carbonyl (C=O) groups excluding carboxylic acids is 1. The van der Waals surface area contributed by atoms with Gasteiger partial charge in [0.05, 0.1) is 12.2 Å². The van der Waals surface area contributed by atoms with Gasteiger partial charge in [-0.15, -0.1) is 6.58 Å². The van der Waals surface area contributed by atoms with Crippen LogP contribution in [0.15, 0.2) is 152 Å². The van der Waals surface area contributed by atoms with E-state index in [4.69, 9.17) is 9.57 Å². The molecule has 0 radical (unpaired) electrons. The summed E-state index contributed by atoms with van der Waals surface area (Å²) in [4.78, 5) is 20.9. The number of amides is 1. The van der Waals surface area contributed by atoms with E-state index in [0.717, 1.165) is 44.5 Å². The number of benzene rings is 5. The lowest BCUT2D eigenvalue weighted by molar-refractivity contribution is -0.218. The van der Waals surface area contributed by atoms with Gasteiger partial charge in [-0.1, -0.05) is 115 Å². The van der Waals surface area contributed by atoms with Gasteiger partial charge in [0, 0.05) is 19.2 Å². The molecule has 0 spiro atoms. The third kappa shape index (κ3) is 8.11. The van der Waals surface area contributed by atoms with Gasteiger partial charge in [-0.3, -0.25) is 15.0 Å². The Labute approximate surface area is 281 Å². The number of carbonyl (C=O) groups is 1. The van der Waals surface area contributed by atoms with E-state index in [0.29, 0.717) is 11.4 Å². The summed E-state index contributed by atoms with van der Waals surface area (Å²) >= 11 is 1.12. The molecule has 7 nitrogen and oxygen atoms in total. The van der Waals surface area contributed by atoms with Gasteiger partial charge in [-0.2, -0.15) is 0 Å². The van der Waals surface area contributed by atoms with E-state index in [1.807, 2.05) is 146 Å². The molecule has 0 bridgehead atoms. The van der Waals surface area contributed by atoms with Gasteiger partial charge in [0.2, 0.25) is 5.91 Å². The first kappa shape index (κ1) is 33.5. The summed E-state index contributed by atoms with van der Waals surface area (Å²) in [5.74, 6) is 1.13. The normalized spacial score (nSPS) is 11.2.